The summed E-state index contributed by atoms with van der Waals surface area (Å²) in [5.41, 5.74) is -0.335. The zero-order valence-corrected chi connectivity index (χ0v) is 9.51. The molecule has 0 rings (SSSR count). The molecule has 0 bridgehead atoms. The number of amides is 1. The maximum absolute atomic E-state index is 11.4. The van der Waals surface area contributed by atoms with Crippen molar-refractivity contribution in [3.63, 3.8) is 0 Å². The first-order valence-corrected chi connectivity index (χ1v) is 4.70. The van der Waals surface area contributed by atoms with Gasteiger partial charge in [-0.3, -0.25) is 4.79 Å². The van der Waals surface area contributed by atoms with Crippen LogP contribution in [-0.2, 0) is 14.3 Å². The van der Waals surface area contributed by atoms with Gasteiger partial charge in [-0.25, -0.2) is 4.79 Å². The van der Waals surface area contributed by atoms with E-state index >= 15 is 0 Å². The Morgan fingerprint density at radius 1 is 1.36 bits per heavy atom. The topological polar surface area (TPSA) is 55.4 Å². The Labute approximate surface area is 85.0 Å². The van der Waals surface area contributed by atoms with Crippen molar-refractivity contribution in [3.8, 4) is 0 Å². The highest BCUT2D eigenvalue weighted by Crippen LogP contribution is 2.20. The Morgan fingerprint density at radius 3 is 2.14 bits per heavy atom. The number of hydrogen-bond donors (Lipinski definition) is 1. The second kappa shape index (κ2) is 4.98. The van der Waals surface area contributed by atoms with E-state index in [-0.39, 0.29) is 11.3 Å². The normalized spacial score (nSPS) is 13.2. The molecule has 0 saturated heterocycles. The lowest BCUT2D eigenvalue weighted by Gasteiger charge is -2.28. The quantitative estimate of drug-likeness (QED) is 0.696. The highest BCUT2D eigenvalue weighted by molar-refractivity contribution is 5.84. The van der Waals surface area contributed by atoms with E-state index in [1.807, 2.05) is 20.8 Å². The van der Waals surface area contributed by atoms with Crippen molar-refractivity contribution < 1.29 is 14.3 Å². The Hall–Kier alpha value is -1.06. The Bertz CT molecular complexity index is 218. The lowest BCUT2D eigenvalue weighted by Crippen LogP contribution is -2.49. The van der Waals surface area contributed by atoms with Crippen LogP contribution in [0, 0.1) is 5.41 Å². The van der Waals surface area contributed by atoms with Crippen LogP contribution in [0.25, 0.3) is 0 Å². The molecule has 0 saturated carbocycles. The number of nitrogens with one attached hydrogen (secondary N) is 1. The molecule has 0 aliphatic rings. The number of rotatable bonds is 3. The average Bonchev–Trinajstić information content (AvgIpc) is 2.10. The second-order valence-corrected chi connectivity index (χ2v) is 4.24. The van der Waals surface area contributed by atoms with Crippen LogP contribution in [0.5, 0.6) is 0 Å². The number of esters is 1. The minimum atomic E-state index is -0.583. The van der Waals surface area contributed by atoms with Crippen molar-refractivity contribution in [2.24, 2.45) is 5.41 Å². The molecule has 0 unspecified atom stereocenters. The fraction of sp³-hybridized carbons (Fsp3) is 0.800. The maximum Gasteiger partial charge on any atom is 0.328 e. The summed E-state index contributed by atoms with van der Waals surface area (Å²) in [6.07, 6.45) is 0.365. The maximum atomic E-state index is 11.4. The lowest BCUT2D eigenvalue weighted by atomic mass is 9.86. The number of hydrogen-bond acceptors (Lipinski definition) is 3. The van der Waals surface area contributed by atoms with E-state index < -0.39 is 12.0 Å². The van der Waals surface area contributed by atoms with E-state index in [2.05, 4.69) is 10.1 Å². The molecular weight excluding hydrogens is 182 g/mol. The molecule has 1 amide bonds. The Morgan fingerprint density at radius 2 is 1.86 bits per heavy atom. The van der Waals surface area contributed by atoms with Gasteiger partial charge in [0.1, 0.15) is 6.04 Å². The molecule has 0 aliphatic carbocycles. The van der Waals surface area contributed by atoms with Crippen molar-refractivity contribution in [1.29, 1.82) is 0 Å². The third kappa shape index (κ3) is 3.77. The fourth-order valence-corrected chi connectivity index (χ4v) is 1.01. The predicted octanol–water partition coefficient (Wildman–Crippen LogP) is 1.10. The van der Waals surface area contributed by atoms with Gasteiger partial charge in [0.15, 0.2) is 0 Å². The van der Waals surface area contributed by atoms with Crippen LogP contribution in [0.2, 0.25) is 0 Å². The molecule has 1 atom stereocenters. The molecule has 1 N–H and O–H groups in total. The highest BCUT2D eigenvalue weighted by Gasteiger charge is 2.33. The Balaban J connectivity index is 4.58. The van der Waals surface area contributed by atoms with E-state index in [1.54, 1.807) is 6.92 Å². The molecule has 14 heavy (non-hydrogen) atoms. The van der Waals surface area contributed by atoms with Crippen LogP contribution in [0.15, 0.2) is 0 Å². The first kappa shape index (κ1) is 12.9. The minimum absolute atomic E-state index is 0.143. The van der Waals surface area contributed by atoms with Crippen molar-refractivity contribution in [3.05, 3.63) is 0 Å². The van der Waals surface area contributed by atoms with Gasteiger partial charge < -0.3 is 10.1 Å². The predicted molar refractivity (Wildman–Crippen MR) is 53.7 cm³/mol. The summed E-state index contributed by atoms with van der Waals surface area (Å²) < 4.78 is 4.63. The van der Waals surface area contributed by atoms with E-state index in [0.29, 0.717) is 6.42 Å². The average molecular weight is 201 g/mol. The van der Waals surface area contributed by atoms with E-state index in [0.717, 1.165) is 0 Å². The number of methoxy groups -OCH3 is 1. The molecule has 82 valence electrons. The van der Waals surface area contributed by atoms with Crippen molar-refractivity contribution in [1.82, 2.24) is 5.32 Å². The molecule has 4 nitrogen and oxygen atoms in total. The van der Waals surface area contributed by atoms with Gasteiger partial charge in [-0.1, -0.05) is 27.7 Å². The van der Waals surface area contributed by atoms with Crippen LogP contribution < -0.4 is 5.32 Å². The van der Waals surface area contributed by atoms with Crippen LogP contribution >= 0.6 is 0 Å². The molecule has 0 aliphatic heterocycles. The van der Waals surface area contributed by atoms with Crippen LogP contribution in [0.3, 0.4) is 0 Å². The molecule has 0 aromatic rings. The van der Waals surface area contributed by atoms with Crippen LogP contribution in [-0.4, -0.2) is 25.0 Å². The molecular formula is C10H19NO3. The van der Waals surface area contributed by atoms with Gasteiger partial charge >= 0.3 is 5.97 Å². The summed E-state index contributed by atoms with van der Waals surface area (Å²) in [6, 6.07) is -0.583. The summed E-state index contributed by atoms with van der Waals surface area (Å²) in [4.78, 5) is 22.5. The van der Waals surface area contributed by atoms with Gasteiger partial charge in [0, 0.05) is 6.42 Å². The van der Waals surface area contributed by atoms with Crippen LogP contribution in [0.4, 0.5) is 0 Å². The molecule has 0 heterocycles. The Kier molecular flexibility index (Phi) is 4.60. The lowest BCUT2D eigenvalue weighted by molar-refractivity contribution is -0.148. The third-order valence-corrected chi connectivity index (χ3v) is 1.93. The van der Waals surface area contributed by atoms with E-state index in [9.17, 15) is 9.59 Å². The monoisotopic (exact) mass is 201 g/mol. The molecule has 4 heteroatoms. The summed E-state index contributed by atoms with van der Waals surface area (Å²) >= 11 is 0. The minimum Gasteiger partial charge on any atom is -0.467 e. The first-order chi connectivity index (χ1) is 6.32. The van der Waals surface area contributed by atoms with Crippen LogP contribution in [0.1, 0.15) is 34.1 Å². The molecule has 0 fully saturated rings. The first-order valence-electron chi connectivity index (χ1n) is 4.70. The SMILES string of the molecule is CCC(=O)N[C@H](C(=O)OC)C(C)(C)C. The van der Waals surface area contributed by atoms with Gasteiger partial charge in [0.25, 0.3) is 0 Å². The highest BCUT2D eigenvalue weighted by atomic mass is 16.5. The number of carbonyl (C=O) groups excluding carboxylic acids is 2. The third-order valence-electron chi connectivity index (χ3n) is 1.93. The number of carbonyl (C=O) groups is 2. The largest absolute Gasteiger partial charge is 0.467 e. The summed E-state index contributed by atoms with van der Waals surface area (Å²) in [7, 11) is 1.32. The summed E-state index contributed by atoms with van der Waals surface area (Å²) in [5, 5.41) is 2.64. The smallest absolute Gasteiger partial charge is 0.328 e. The summed E-state index contributed by atoms with van der Waals surface area (Å²) in [6.45, 7) is 7.38. The zero-order chi connectivity index (χ0) is 11.4. The van der Waals surface area contributed by atoms with Gasteiger partial charge in [-0.15, -0.1) is 0 Å². The fourth-order valence-electron chi connectivity index (χ4n) is 1.01. The van der Waals surface area contributed by atoms with Crippen molar-refractivity contribution in [2.75, 3.05) is 7.11 Å². The van der Waals surface area contributed by atoms with Gasteiger partial charge in [0.2, 0.25) is 5.91 Å². The second-order valence-electron chi connectivity index (χ2n) is 4.24. The molecule has 0 aromatic carbocycles. The molecule has 0 spiro atoms. The van der Waals surface area contributed by atoms with Crippen molar-refractivity contribution in [2.45, 2.75) is 40.2 Å². The van der Waals surface area contributed by atoms with Gasteiger partial charge in [0.05, 0.1) is 7.11 Å². The van der Waals surface area contributed by atoms with Crippen molar-refractivity contribution >= 4 is 11.9 Å². The number of ether oxygens (including phenoxy) is 1. The standard InChI is InChI=1S/C10H19NO3/c1-6-7(12)11-8(9(13)14-5)10(2,3)4/h8H,6H2,1-5H3,(H,11,12)/t8-/m1/s1. The molecule has 0 radical (unpaired) electrons. The zero-order valence-electron chi connectivity index (χ0n) is 9.51. The molecule has 0 aromatic heterocycles. The van der Waals surface area contributed by atoms with Gasteiger partial charge in [-0.05, 0) is 5.41 Å². The summed E-state index contributed by atoms with van der Waals surface area (Å²) in [5.74, 6) is -0.547. The van der Waals surface area contributed by atoms with Gasteiger partial charge in [-0.2, -0.15) is 0 Å². The van der Waals surface area contributed by atoms with E-state index in [4.69, 9.17) is 0 Å². The van der Waals surface area contributed by atoms with E-state index in [1.165, 1.54) is 7.11 Å².